The molecule has 1 N–H and O–H groups in total. The van der Waals surface area contributed by atoms with Crippen LogP contribution in [0.4, 0.5) is 5.69 Å². The van der Waals surface area contributed by atoms with Crippen LogP contribution in [0.25, 0.3) is 0 Å². The van der Waals surface area contributed by atoms with E-state index < -0.39 is 28.5 Å². The fraction of sp³-hybridized carbons (Fsp3) is 0.297. The summed E-state index contributed by atoms with van der Waals surface area (Å²) in [4.78, 5) is 30.1. The van der Waals surface area contributed by atoms with Gasteiger partial charge in [-0.1, -0.05) is 78.7 Å². The summed E-state index contributed by atoms with van der Waals surface area (Å²) >= 11 is 6.17. The molecule has 0 saturated heterocycles. The normalized spacial score (nSPS) is 12.5. The molecule has 9 nitrogen and oxygen atoms in total. The van der Waals surface area contributed by atoms with Crippen LogP contribution in [-0.2, 0) is 32.6 Å². The third-order valence-corrected chi connectivity index (χ3v) is 10.1. The van der Waals surface area contributed by atoms with Crippen molar-refractivity contribution in [1.29, 1.82) is 0 Å². The van der Waals surface area contributed by atoms with Gasteiger partial charge in [0.05, 0.1) is 24.8 Å². The lowest BCUT2D eigenvalue weighted by Crippen LogP contribution is -2.54. The fourth-order valence-corrected chi connectivity index (χ4v) is 6.66. The van der Waals surface area contributed by atoms with E-state index in [1.165, 1.54) is 37.3 Å². The summed E-state index contributed by atoms with van der Waals surface area (Å²) in [5.74, 6) is -0.223. The number of hydrogen-bond acceptors (Lipinski definition) is 6. The number of hydrogen-bond donors (Lipinski definition) is 1. The van der Waals surface area contributed by atoms with E-state index in [9.17, 15) is 18.0 Å². The first-order valence-corrected chi connectivity index (χ1v) is 17.5. The average molecular weight is 692 g/mol. The highest BCUT2D eigenvalue weighted by Crippen LogP contribution is 2.34. The van der Waals surface area contributed by atoms with E-state index >= 15 is 0 Å². The number of carbonyl (C=O) groups is 2. The van der Waals surface area contributed by atoms with Crippen molar-refractivity contribution in [2.75, 3.05) is 25.1 Å². The SMILES string of the molecule is CC[C@@H](C)NC(=O)[C@H](Cc1ccccc1)N(Cc1ccc(Cl)cc1)C(=O)CN(c1ccc(OC)c(OC)c1)S(=O)(=O)c1ccc(C)cc1. The molecule has 0 saturated carbocycles. The highest BCUT2D eigenvalue weighted by molar-refractivity contribution is 7.92. The maximum atomic E-state index is 14.7. The van der Waals surface area contributed by atoms with Crippen LogP contribution in [-0.4, -0.2) is 58.0 Å². The van der Waals surface area contributed by atoms with Crippen molar-refractivity contribution in [3.05, 3.63) is 119 Å². The minimum atomic E-state index is -4.28. The van der Waals surface area contributed by atoms with Crippen LogP contribution in [0.15, 0.2) is 102 Å². The van der Waals surface area contributed by atoms with E-state index in [4.69, 9.17) is 21.1 Å². The molecular formula is C37H42ClN3O6S. The van der Waals surface area contributed by atoms with E-state index in [0.717, 1.165) is 21.0 Å². The summed E-state index contributed by atoms with van der Waals surface area (Å²) in [6.45, 7) is 5.16. The number of rotatable bonds is 15. The molecule has 2 amide bonds. The maximum Gasteiger partial charge on any atom is 0.264 e. The highest BCUT2D eigenvalue weighted by Gasteiger charge is 2.35. The van der Waals surface area contributed by atoms with E-state index in [1.807, 2.05) is 51.1 Å². The lowest BCUT2D eigenvalue weighted by atomic mass is 10.0. The molecule has 0 spiro atoms. The third-order valence-electron chi connectivity index (χ3n) is 8.08. The second-order valence-electron chi connectivity index (χ2n) is 11.5. The summed E-state index contributed by atoms with van der Waals surface area (Å²) in [7, 11) is -1.35. The molecule has 0 bridgehead atoms. The highest BCUT2D eigenvalue weighted by atomic mass is 35.5. The second kappa shape index (κ2) is 16.5. The quantitative estimate of drug-likeness (QED) is 0.154. The van der Waals surface area contributed by atoms with Crippen LogP contribution in [0.3, 0.4) is 0 Å². The number of halogens is 1. The van der Waals surface area contributed by atoms with Gasteiger partial charge in [-0.15, -0.1) is 0 Å². The minimum absolute atomic E-state index is 0.00952. The Balaban J connectivity index is 1.84. The van der Waals surface area contributed by atoms with Crippen LogP contribution in [0.2, 0.25) is 5.02 Å². The van der Waals surface area contributed by atoms with Crippen molar-refractivity contribution < 1.29 is 27.5 Å². The average Bonchev–Trinajstić information content (AvgIpc) is 3.09. The first-order chi connectivity index (χ1) is 23.0. The zero-order valence-corrected chi connectivity index (χ0v) is 29.4. The van der Waals surface area contributed by atoms with Gasteiger partial charge in [0.25, 0.3) is 10.0 Å². The van der Waals surface area contributed by atoms with Gasteiger partial charge >= 0.3 is 0 Å². The number of amides is 2. The van der Waals surface area contributed by atoms with Gasteiger partial charge in [-0.25, -0.2) is 8.42 Å². The van der Waals surface area contributed by atoms with Crippen LogP contribution in [0.1, 0.15) is 37.0 Å². The van der Waals surface area contributed by atoms with E-state index in [-0.39, 0.29) is 35.5 Å². The second-order valence-corrected chi connectivity index (χ2v) is 13.8. The molecule has 0 radical (unpaired) electrons. The van der Waals surface area contributed by atoms with Gasteiger partial charge in [0, 0.05) is 30.1 Å². The molecule has 4 aromatic rings. The molecule has 0 aliphatic rings. The van der Waals surface area contributed by atoms with Gasteiger partial charge in [0.2, 0.25) is 11.8 Å². The van der Waals surface area contributed by atoms with Crippen molar-refractivity contribution >= 4 is 39.1 Å². The molecule has 4 rings (SSSR count). The first-order valence-electron chi connectivity index (χ1n) is 15.7. The van der Waals surface area contributed by atoms with Crippen LogP contribution < -0.4 is 19.1 Å². The monoisotopic (exact) mass is 691 g/mol. The first kappa shape index (κ1) is 36.3. The summed E-state index contributed by atoms with van der Waals surface area (Å²) in [5, 5.41) is 3.56. The molecule has 0 unspecified atom stereocenters. The molecular weight excluding hydrogens is 650 g/mol. The van der Waals surface area contributed by atoms with E-state index in [2.05, 4.69) is 5.32 Å². The topological polar surface area (TPSA) is 105 Å². The largest absolute Gasteiger partial charge is 0.493 e. The number of benzene rings is 4. The predicted molar refractivity (Wildman–Crippen MR) is 189 cm³/mol. The zero-order valence-electron chi connectivity index (χ0n) is 27.9. The van der Waals surface area contributed by atoms with Gasteiger partial charge in [0.1, 0.15) is 12.6 Å². The molecule has 0 aliphatic heterocycles. The third kappa shape index (κ3) is 9.08. The zero-order chi connectivity index (χ0) is 34.8. The van der Waals surface area contributed by atoms with Crippen molar-refractivity contribution in [2.24, 2.45) is 0 Å². The summed E-state index contributed by atoms with van der Waals surface area (Å²) in [6, 6.07) is 26.4. The van der Waals surface area contributed by atoms with E-state index in [1.54, 1.807) is 48.5 Å². The number of nitrogens with zero attached hydrogens (tertiary/aromatic N) is 2. The van der Waals surface area contributed by atoms with Gasteiger partial charge in [-0.3, -0.25) is 13.9 Å². The number of nitrogens with one attached hydrogen (secondary N) is 1. The Labute approximate surface area is 288 Å². The minimum Gasteiger partial charge on any atom is -0.493 e. The van der Waals surface area contributed by atoms with Crippen LogP contribution >= 0.6 is 11.6 Å². The Bertz CT molecular complexity index is 1780. The molecule has 254 valence electrons. The van der Waals surface area contributed by atoms with Crippen LogP contribution in [0.5, 0.6) is 11.5 Å². The number of anilines is 1. The molecule has 4 aromatic carbocycles. The Kier molecular flexibility index (Phi) is 12.5. The number of ether oxygens (including phenoxy) is 2. The molecule has 0 fully saturated rings. The van der Waals surface area contributed by atoms with Gasteiger partial charge in [0.15, 0.2) is 11.5 Å². The Morgan fingerprint density at radius 2 is 1.50 bits per heavy atom. The maximum absolute atomic E-state index is 14.7. The Hall–Kier alpha value is -4.54. The van der Waals surface area contributed by atoms with Crippen molar-refractivity contribution in [3.63, 3.8) is 0 Å². The Morgan fingerprint density at radius 1 is 0.854 bits per heavy atom. The van der Waals surface area contributed by atoms with Gasteiger partial charge < -0.3 is 19.7 Å². The van der Waals surface area contributed by atoms with Crippen LogP contribution in [0, 0.1) is 6.92 Å². The predicted octanol–water partition coefficient (Wildman–Crippen LogP) is 6.42. The molecule has 48 heavy (non-hydrogen) atoms. The van der Waals surface area contributed by atoms with Crippen molar-refractivity contribution in [1.82, 2.24) is 10.2 Å². The molecule has 0 aromatic heterocycles. The van der Waals surface area contributed by atoms with Gasteiger partial charge in [-0.05, 0) is 67.8 Å². The lowest BCUT2D eigenvalue weighted by Gasteiger charge is -2.34. The van der Waals surface area contributed by atoms with Crippen molar-refractivity contribution in [3.8, 4) is 11.5 Å². The Morgan fingerprint density at radius 3 is 2.10 bits per heavy atom. The standard InChI is InChI=1S/C37H42ClN3O6S/c1-6-27(3)39-37(43)33(22-28-10-8-7-9-11-28)40(24-29-14-16-30(38)17-15-29)36(42)25-41(31-18-21-34(46-4)35(23-31)47-5)48(44,45)32-19-12-26(2)13-20-32/h7-21,23,27,33H,6,22,24-25H2,1-5H3,(H,39,43)/t27-,33+/m1/s1. The van der Waals surface area contributed by atoms with E-state index in [0.29, 0.717) is 22.9 Å². The van der Waals surface area contributed by atoms with Gasteiger partial charge in [-0.2, -0.15) is 0 Å². The number of methoxy groups -OCH3 is 2. The number of sulfonamides is 1. The smallest absolute Gasteiger partial charge is 0.264 e. The number of carbonyl (C=O) groups excluding carboxylic acids is 2. The number of aryl methyl sites for hydroxylation is 1. The molecule has 11 heteroatoms. The summed E-state index contributed by atoms with van der Waals surface area (Å²) < 4.78 is 40.5. The molecule has 0 heterocycles. The summed E-state index contributed by atoms with van der Waals surface area (Å²) in [5.41, 5.74) is 2.64. The van der Waals surface area contributed by atoms with Crippen molar-refractivity contribution in [2.45, 2.75) is 57.1 Å². The fourth-order valence-electron chi connectivity index (χ4n) is 5.13. The molecule has 2 atom stereocenters. The summed E-state index contributed by atoms with van der Waals surface area (Å²) in [6.07, 6.45) is 0.903. The molecule has 0 aliphatic carbocycles. The lowest BCUT2D eigenvalue weighted by molar-refractivity contribution is -0.140.